The van der Waals surface area contributed by atoms with Gasteiger partial charge in [0.25, 0.3) is 11.8 Å². The third-order valence-electron chi connectivity index (χ3n) is 4.01. The van der Waals surface area contributed by atoms with Gasteiger partial charge in [-0.05, 0) is 54.8 Å². The largest absolute Gasteiger partial charge is 0.496 e. The molecule has 2 aromatic carbocycles. The summed E-state index contributed by atoms with van der Waals surface area (Å²) in [7, 11) is 1.56. The van der Waals surface area contributed by atoms with Crippen molar-refractivity contribution in [2.45, 2.75) is 26.3 Å². The number of methoxy groups -OCH3 is 1. The quantitative estimate of drug-likeness (QED) is 0.434. The number of carbonyl (C=O) groups excluding carboxylic acids is 2. The average molecular weight is 481 g/mol. The number of benzene rings is 2. The van der Waals surface area contributed by atoms with Crippen LogP contribution in [0.1, 0.15) is 36.2 Å². The standard InChI is InChI=1S/C21H23BrClN3O3/c1-13(2)10-18(25-20(27)14-4-7-17(23)8-5-14)21(28)26-24-12-15-11-16(22)6-9-19(15)29-3/h4-9,11-13,18H,10H2,1-3H3,(H,25,27)(H,26,28)/b24-12+. The molecule has 0 bridgehead atoms. The van der Waals surface area contributed by atoms with Crippen LogP contribution in [0.5, 0.6) is 5.75 Å². The molecule has 0 aliphatic carbocycles. The molecule has 0 aliphatic heterocycles. The lowest BCUT2D eigenvalue weighted by atomic mass is 10.0. The van der Waals surface area contributed by atoms with E-state index in [-0.39, 0.29) is 11.8 Å². The van der Waals surface area contributed by atoms with Gasteiger partial charge in [-0.3, -0.25) is 9.59 Å². The minimum atomic E-state index is -0.722. The van der Waals surface area contributed by atoms with Gasteiger partial charge in [0.15, 0.2) is 0 Å². The highest BCUT2D eigenvalue weighted by molar-refractivity contribution is 9.10. The first-order valence-corrected chi connectivity index (χ1v) is 10.2. The number of hydrogen-bond acceptors (Lipinski definition) is 4. The molecule has 0 heterocycles. The summed E-state index contributed by atoms with van der Waals surface area (Å²) >= 11 is 9.25. The van der Waals surface area contributed by atoms with Crippen LogP contribution in [0.25, 0.3) is 0 Å². The summed E-state index contributed by atoms with van der Waals surface area (Å²) in [5.41, 5.74) is 3.63. The number of halogens is 2. The zero-order valence-corrected chi connectivity index (χ0v) is 18.8. The molecule has 29 heavy (non-hydrogen) atoms. The second kappa shape index (κ2) is 11.0. The van der Waals surface area contributed by atoms with Gasteiger partial charge < -0.3 is 10.1 Å². The van der Waals surface area contributed by atoms with Crippen LogP contribution in [0.3, 0.4) is 0 Å². The van der Waals surface area contributed by atoms with Gasteiger partial charge in [0.2, 0.25) is 0 Å². The van der Waals surface area contributed by atoms with E-state index in [4.69, 9.17) is 16.3 Å². The van der Waals surface area contributed by atoms with Gasteiger partial charge in [0.05, 0.1) is 13.3 Å². The lowest BCUT2D eigenvalue weighted by Gasteiger charge is -2.19. The van der Waals surface area contributed by atoms with Crippen LogP contribution < -0.4 is 15.5 Å². The maximum atomic E-state index is 12.6. The van der Waals surface area contributed by atoms with E-state index in [1.807, 2.05) is 26.0 Å². The SMILES string of the molecule is COc1ccc(Br)cc1/C=N/NC(=O)C(CC(C)C)NC(=O)c1ccc(Cl)cc1. The van der Waals surface area contributed by atoms with E-state index in [2.05, 4.69) is 31.8 Å². The third-order valence-corrected chi connectivity index (χ3v) is 4.75. The van der Waals surface area contributed by atoms with E-state index in [0.29, 0.717) is 28.3 Å². The molecule has 154 valence electrons. The van der Waals surface area contributed by atoms with Crippen molar-refractivity contribution in [3.05, 3.63) is 63.1 Å². The fourth-order valence-electron chi connectivity index (χ4n) is 2.60. The van der Waals surface area contributed by atoms with E-state index in [1.165, 1.54) is 6.21 Å². The second-order valence-electron chi connectivity index (χ2n) is 6.78. The van der Waals surface area contributed by atoms with Crippen molar-refractivity contribution in [1.29, 1.82) is 0 Å². The number of hydrogen-bond donors (Lipinski definition) is 2. The summed E-state index contributed by atoms with van der Waals surface area (Å²) in [5.74, 6) is 0.0812. The molecule has 0 fully saturated rings. The van der Waals surface area contributed by atoms with Crippen molar-refractivity contribution < 1.29 is 14.3 Å². The van der Waals surface area contributed by atoms with Crippen molar-refractivity contribution >= 4 is 45.6 Å². The van der Waals surface area contributed by atoms with Crippen LogP contribution in [0.2, 0.25) is 5.02 Å². The molecule has 0 aromatic heterocycles. The smallest absolute Gasteiger partial charge is 0.262 e. The number of nitrogens with zero attached hydrogens (tertiary/aromatic N) is 1. The molecule has 1 unspecified atom stereocenters. The molecule has 0 saturated heterocycles. The summed E-state index contributed by atoms with van der Waals surface area (Å²) in [6.07, 6.45) is 1.97. The van der Waals surface area contributed by atoms with Crippen molar-refractivity contribution in [2.75, 3.05) is 7.11 Å². The number of rotatable bonds is 8. The van der Waals surface area contributed by atoms with Crippen LogP contribution in [-0.2, 0) is 4.79 Å². The highest BCUT2D eigenvalue weighted by Crippen LogP contribution is 2.21. The highest BCUT2D eigenvalue weighted by Gasteiger charge is 2.22. The van der Waals surface area contributed by atoms with E-state index in [9.17, 15) is 9.59 Å². The van der Waals surface area contributed by atoms with E-state index in [1.54, 1.807) is 37.4 Å². The number of amides is 2. The summed E-state index contributed by atoms with van der Waals surface area (Å²) in [5, 5.41) is 7.32. The van der Waals surface area contributed by atoms with E-state index in [0.717, 1.165) is 4.47 Å². The molecule has 2 aromatic rings. The first-order valence-electron chi connectivity index (χ1n) is 9.03. The number of hydrazone groups is 1. The van der Waals surface area contributed by atoms with Gasteiger partial charge >= 0.3 is 0 Å². The second-order valence-corrected chi connectivity index (χ2v) is 8.14. The molecule has 0 saturated carbocycles. The first-order chi connectivity index (χ1) is 13.8. The van der Waals surface area contributed by atoms with Gasteiger partial charge in [-0.15, -0.1) is 0 Å². The van der Waals surface area contributed by atoms with Gasteiger partial charge in [-0.25, -0.2) is 5.43 Å². The zero-order chi connectivity index (χ0) is 21.4. The van der Waals surface area contributed by atoms with Crippen LogP contribution in [0, 0.1) is 5.92 Å². The normalized spacial score (nSPS) is 12.1. The maximum absolute atomic E-state index is 12.6. The maximum Gasteiger partial charge on any atom is 0.262 e. The molecular weight excluding hydrogens is 458 g/mol. The van der Waals surface area contributed by atoms with Crippen molar-refractivity contribution in [1.82, 2.24) is 10.7 Å². The van der Waals surface area contributed by atoms with Crippen LogP contribution in [-0.4, -0.2) is 31.2 Å². The summed E-state index contributed by atoms with van der Waals surface area (Å²) < 4.78 is 6.14. The molecular formula is C21H23BrClN3O3. The van der Waals surface area contributed by atoms with Crippen LogP contribution in [0.15, 0.2) is 52.0 Å². The van der Waals surface area contributed by atoms with E-state index < -0.39 is 11.9 Å². The van der Waals surface area contributed by atoms with Crippen molar-refractivity contribution in [3.63, 3.8) is 0 Å². The first kappa shape index (κ1) is 22.9. The summed E-state index contributed by atoms with van der Waals surface area (Å²) in [4.78, 5) is 25.1. The Morgan fingerprint density at radius 1 is 1.21 bits per heavy atom. The van der Waals surface area contributed by atoms with Crippen LogP contribution >= 0.6 is 27.5 Å². The van der Waals surface area contributed by atoms with Crippen LogP contribution in [0.4, 0.5) is 0 Å². The molecule has 1 atom stereocenters. The summed E-state index contributed by atoms with van der Waals surface area (Å²) in [6, 6.07) is 11.2. The Kier molecular flexibility index (Phi) is 8.67. The number of carbonyl (C=O) groups is 2. The molecule has 8 heteroatoms. The molecule has 0 aliphatic rings. The predicted molar refractivity (Wildman–Crippen MR) is 119 cm³/mol. The Balaban J connectivity index is 2.07. The topological polar surface area (TPSA) is 79.8 Å². The minimum Gasteiger partial charge on any atom is -0.496 e. The highest BCUT2D eigenvalue weighted by atomic mass is 79.9. The van der Waals surface area contributed by atoms with Gasteiger partial charge in [0, 0.05) is 20.6 Å². The fourth-order valence-corrected chi connectivity index (χ4v) is 3.10. The Morgan fingerprint density at radius 3 is 2.52 bits per heavy atom. The van der Waals surface area contributed by atoms with Gasteiger partial charge in [-0.2, -0.15) is 5.10 Å². The lowest BCUT2D eigenvalue weighted by Crippen LogP contribution is -2.46. The zero-order valence-electron chi connectivity index (χ0n) is 16.4. The number of ether oxygens (including phenoxy) is 1. The molecule has 2 amide bonds. The number of nitrogens with one attached hydrogen (secondary N) is 2. The third kappa shape index (κ3) is 7.18. The predicted octanol–water partition coefficient (Wildman–Crippen LogP) is 4.41. The van der Waals surface area contributed by atoms with Gasteiger partial charge in [0.1, 0.15) is 11.8 Å². The molecule has 2 rings (SSSR count). The Bertz CT molecular complexity index is 885. The Hall–Kier alpha value is -2.38. The monoisotopic (exact) mass is 479 g/mol. The molecule has 0 spiro atoms. The lowest BCUT2D eigenvalue weighted by molar-refractivity contribution is -0.123. The van der Waals surface area contributed by atoms with E-state index >= 15 is 0 Å². The molecule has 6 nitrogen and oxygen atoms in total. The van der Waals surface area contributed by atoms with Gasteiger partial charge in [-0.1, -0.05) is 41.4 Å². The molecule has 2 N–H and O–H groups in total. The Labute approximate surface area is 183 Å². The molecule has 0 radical (unpaired) electrons. The van der Waals surface area contributed by atoms with Crippen molar-refractivity contribution in [3.8, 4) is 5.75 Å². The average Bonchev–Trinajstić information content (AvgIpc) is 2.67. The Morgan fingerprint density at radius 2 is 1.90 bits per heavy atom. The minimum absolute atomic E-state index is 0.199. The summed E-state index contributed by atoms with van der Waals surface area (Å²) in [6.45, 7) is 3.95. The fraction of sp³-hybridized carbons (Fsp3) is 0.286. The van der Waals surface area contributed by atoms with Crippen molar-refractivity contribution in [2.24, 2.45) is 11.0 Å².